The molecule has 1 saturated heterocycles. The molecule has 0 aliphatic carbocycles. The fourth-order valence-corrected chi connectivity index (χ4v) is 4.39. The van der Waals surface area contributed by atoms with Crippen LogP contribution in [-0.4, -0.2) is 56.6 Å². The number of aromatic nitrogens is 1. The summed E-state index contributed by atoms with van der Waals surface area (Å²) in [4.78, 5) is 32.2. The first kappa shape index (κ1) is 26.1. The van der Waals surface area contributed by atoms with Gasteiger partial charge in [-0.15, -0.1) is 23.7 Å². The molecule has 3 rings (SSSR count). The average molecular weight is 483 g/mol. The van der Waals surface area contributed by atoms with Crippen molar-refractivity contribution in [3.8, 4) is 16.2 Å². The fourth-order valence-electron chi connectivity index (χ4n) is 3.59. The maximum Gasteiger partial charge on any atom is 0.243 e. The quantitative estimate of drug-likeness (QED) is 0.517. The summed E-state index contributed by atoms with van der Waals surface area (Å²) in [5.41, 5.74) is 9.69. The number of aliphatic hydroxyl groups excluding tert-OH is 1. The third-order valence-electron chi connectivity index (χ3n) is 5.61. The van der Waals surface area contributed by atoms with Crippen LogP contribution in [0.25, 0.3) is 10.4 Å². The molecule has 176 valence electrons. The molecule has 1 aliphatic heterocycles. The van der Waals surface area contributed by atoms with Gasteiger partial charge in [0.2, 0.25) is 11.8 Å². The second-order valence-corrected chi connectivity index (χ2v) is 9.92. The summed E-state index contributed by atoms with van der Waals surface area (Å²) in [6, 6.07) is 3.71. The average Bonchev–Trinajstić information content (AvgIpc) is 3.30. The number of phenolic OH excluding ortho intramolecular Hbond substituents is 1. The Morgan fingerprint density at radius 3 is 2.62 bits per heavy atom. The molecule has 10 heteroatoms. The van der Waals surface area contributed by atoms with Gasteiger partial charge in [0, 0.05) is 25.1 Å². The van der Waals surface area contributed by atoms with Gasteiger partial charge in [-0.2, -0.15) is 0 Å². The number of carbonyl (C=O) groups is 2. The topological polar surface area (TPSA) is 129 Å². The Kier molecular flexibility index (Phi) is 8.27. The number of halogens is 1. The summed E-state index contributed by atoms with van der Waals surface area (Å²) in [7, 11) is 0. The molecular weight excluding hydrogens is 452 g/mol. The lowest BCUT2D eigenvalue weighted by Gasteiger charge is -2.32. The highest BCUT2D eigenvalue weighted by molar-refractivity contribution is 7.13. The van der Waals surface area contributed by atoms with Gasteiger partial charge in [0.25, 0.3) is 0 Å². The highest BCUT2D eigenvalue weighted by Gasteiger charge is 2.42. The molecule has 8 nitrogen and oxygen atoms in total. The number of amides is 2. The first-order valence-corrected chi connectivity index (χ1v) is 11.1. The Hall–Kier alpha value is -2.20. The van der Waals surface area contributed by atoms with Crippen molar-refractivity contribution in [1.82, 2.24) is 15.2 Å². The van der Waals surface area contributed by atoms with Crippen LogP contribution in [0.4, 0.5) is 0 Å². The van der Waals surface area contributed by atoms with Crippen LogP contribution < -0.4 is 11.1 Å². The van der Waals surface area contributed by atoms with Crippen molar-refractivity contribution in [2.75, 3.05) is 6.54 Å². The van der Waals surface area contributed by atoms with Gasteiger partial charge < -0.3 is 26.2 Å². The summed E-state index contributed by atoms with van der Waals surface area (Å²) in [5.74, 6) is -0.663. The van der Waals surface area contributed by atoms with Crippen LogP contribution in [0.5, 0.6) is 5.75 Å². The number of hydrogen-bond donors (Lipinski definition) is 4. The van der Waals surface area contributed by atoms with Gasteiger partial charge in [0.05, 0.1) is 28.2 Å². The SMILES string of the molecule is Cc1ncsc1-c1ccc(CNC(=O)[C@@H]2C[C@@H](O)CN2C(=O)[C@@H](N)C(C)(C)C)c(O)c1.Cl. The van der Waals surface area contributed by atoms with Crippen molar-refractivity contribution < 1.29 is 19.8 Å². The van der Waals surface area contributed by atoms with Crippen molar-refractivity contribution in [2.24, 2.45) is 11.1 Å². The number of nitrogens with one attached hydrogen (secondary N) is 1. The van der Waals surface area contributed by atoms with Gasteiger partial charge in [0.15, 0.2) is 0 Å². The number of thiazole rings is 1. The van der Waals surface area contributed by atoms with E-state index >= 15 is 0 Å². The number of aliphatic hydroxyl groups is 1. The molecule has 1 aliphatic rings. The first-order valence-electron chi connectivity index (χ1n) is 10.2. The lowest BCUT2D eigenvalue weighted by molar-refractivity contribution is -0.141. The number of aromatic hydroxyl groups is 1. The highest BCUT2D eigenvalue weighted by Crippen LogP contribution is 2.31. The van der Waals surface area contributed by atoms with Crippen LogP contribution in [0.1, 0.15) is 38.4 Å². The number of likely N-dealkylation sites (tertiary alicyclic amines) is 1. The van der Waals surface area contributed by atoms with Crippen LogP contribution in [0.15, 0.2) is 23.7 Å². The zero-order valence-corrected chi connectivity index (χ0v) is 20.3. The predicted octanol–water partition coefficient (Wildman–Crippen LogP) is 2.20. The molecule has 2 aromatic rings. The summed E-state index contributed by atoms with van der Waals surface area (Å²) in [6.45, 7) is 7.67. The van der Waals surface area contributed by atoms with E-state index in [-0.39, 0.29) is 49.5 Å². The molecule has 1 aromatic heterocycles. The first-order chi connectivity index (χ1) is 14.5. The monoisotopic (exact) mass is 482 g/mol. The van der Waals surface area contributed by atoms with Gasteiger partial charge in [0.1, 0.15) is 11.8 Å². The van der Waals surface area contributed by atoms with Gasteiger partial charge in [-0.25, -0.2) is 4.98 Å². The molecule has 0 unspecified atom stereocenters. The maximum absolute atomic E-state index is 12.8. The Morgan fingerprint density at radius 2 is 2.06 bits per heavy atom. The number of β-amino-alcohol motifs (C(OH)–C–C–N with tert-alkyl or cyclic N) is 1. The minimum Gasteiger partial charge on any atom is -0.508 e. The molecule has 2 heterocycles. The largest absolute Gasteiger partial charge is 0.508 e. The summed E-state index contributed by atoms with van der Waals surface area (Å²) >= 11 is 1.50. The van der Waals surface area contributed by atoms with E-state index < -0.39 is 23.6 Å². The van der Waals surface area contributed by atoms with Gasteiger partial charge in [-0.1, -0.05) is 32.9 Å². The smallest absolute Gasteiger partial charge is 0.243 e. The second kappa shape index (κ2) is 10.2. The van der Waals surface area contributed by atoms with E-state index in [0.29, 0.717) is 5.56 Å². The van der Waals surface area contributed by atoms with Crippen molar-refractivity contribution in [1.29, 1.82) is 0 Å². The van der Waals surface area contributed by atoms with Crippen molar-refractivity contribution in [3.05, 3.63) is 35.0 Å². The lowest BCUT2D eigenvalue weighted by Crippen LogP contribution is -2.54. The molecule has 0 radical (unpaired) electrons. The molecule has 0 saturated carbocycles. The molecule has 1 aromatic carbocycles. The third-order valence-corrected chi connectivity index (χ3v) is 6.59. The number of benzene rings is 1. The van der Waals surface area contributed by atoms with Crippen molar-refractivity contribution in [3.63, 3.8) is 0 Å². The van der Waals surface area contributed by atoms with Crippen molar-refractivity contribution >= 4 is 35.6 Å². The fraction of sp³-hybridized carbons (Fsp3) is 0.500. The summed E-state index contributed by atoms with van der Waals surface area (Å²) in [5, 5.41) is 23.3. The number of nitrogens with two attached hydrogens (primary N) is 1. The number of carbonyl (C=O) groups excluding carboxylic acids is 2. The molecule has 0 spiro atoms. The minimum absolute atomic E-state index is 0. The number of rotatable bonds is 5. The number of phenols is 1. The number of hydrogen-bond acceptors (Lipinski definition) is 7. The molecular formula is C22H31ClN4O4S. The van der Waals surface area contributed by atoms with Crippen LogP contribution in [0.3, 0.4) is 0 Å². The zero-order valence-electron chi connectivity index (χ0n) is 18.7. The molecule has 2 amide bonds. The molecule has 0 bridgehead atoms. The van der Waals surface area contributed by atoms with E-state index in [2.05, 4.69) is 10.3 Å². The second-order valence-electron chi connectivity index (χ2n) is 9.07. The molecule has 3 atom stereocenters. The number of nitrogens with zero attached hydrogens (tertiary/aromatic N) is 2. The maximum atomic E-state index is 12.8. The van der Waals surface area contributed by atoms with Crippen LogP contribution in [-0.2, 0) is 16.1 Å². The Labute approximate surface area is 198 Å². The van der Waals surface area contributed by atoms with Crippen LogP contribution >= 0.6 is 23.7 Å². The van der Waals surface area contributed by atoms with E-state index in [1.165, 1.54) is 16.2 Å². The Morgan fingerprint density at radius 1 is 1.38 bits per heavy atom. The highest BCUT2D eigenvalue weighted by atomic mass is 35.5. The molecule has 5 N–H and O–H groups in total. The zero-order chi connectivity index (χ0) is 22.9. The number of aryl methyl sites for hydroxylation is 1. The summed E-state index contributed by atoms with van der Waals surface area (Å²) in [6.07, 6.45) is -0.619. The normalized spacial score (nSPS) is 19.4. The Balaban J connectivity index is 0.00000363. The molecule has 1 fully saturated rings. The van der Waals surface area contributed by atoms with E-state index in [9.17, 15) is 19.8 Å². The van der Waals surface area contributed by atoms with Crippen LogP contribution in [0.2, 0.25) is 0 Å². The van der Waals surface area contributed by atoms with Crippen molar-refractivity contribution in [2.45, 2.75) is 58.8 Å². The lowest BCUT2D eigenvalue weighted by atomic mass is 9.86. The Bertz CT molecular complexity index is 975. The van der Waals surface area contributed by atoms with E-state index in [1.54, 1.807) is 17.6 Å². The molecule has 32 heavy (non-hydrogen) atoms. The van der Waals surface area contributed by atoms with Gasteiger partial charge in [-0.05, 0) is 24.0 Å². The van der Waals surface area contributed by atoms with E-state index in [0.717, 1.165) is 16.1 Å². The van der Waals surface area contributed by atoms with Gasteiger partial charge >= 0.3 is 0 Å². The van der Waals surface area contributed by atoms with Crippen LogP contribution in [0, 0.1) is 12.3 Å². The third kappa shape index (κ3) is 5.58. The van der Waals surface area contributed by atoms with Gasteiger partial charge in [-0.3, -0.25) is 9.59 Å². The standard InChI is InChI=1S/C22H30N4O4S.ClH/c1-12-18(31-11-25-12)13-5-6-14(17(28)7-13)9-24-20(29)16-8-15(27)10-26(16)21(30)19(23)22(2,3)4;/h5-7,11,15-16,19,27-28H,8-10,23H2,1-4H3,(H,24,29);1H/t15-,16+,19-;/m1./s1. The van der Waals surface area contributed by atoms with E-state index in [4.69, 9.17) is 5.73 Å². The van der Waals surface area contributed by atoms with E-state index in [1.807, 2.05) is 33.8 Å². The predicted molar refractivity (Wildman–Crippen MR) is 127 cm³/mol. The summed E-state index contributed by atoms with van der Waals surface area (Å²) < 4.78 is 0. The minimum atomic E-state index is -0.794.